The molecule has 0 amide bonds. The van der Waals surface area contributed by atoms with Crippen molar-refractivity contribution in [3.8, 4) is 67.7 Å². The molecule has 60 heavy (non-hydrogen) atoms. The second kappa shape index (κ2) is 19.4. The van der Waals surface area contributed by atoms with Gasteiger partial charge in [-0.2, -0.15) is 0 Å². The van der Waals surface area contributed by atoms with Crippen molar-refractivity contribution in [2.45, 2.75) is 105 Å². The van der Waals surface area contributed by atoms with Crippen molar-refractivity contribution in [2.24, 2.45) is 0 Å². The van der Waals surface area contributed by atoms with Gasteiger partial charge in [-0.05, 0) is 91.2 Å². The molecule has 7 rings (SSSR count). The predicted molar refractivity (Wildman–Crippen MR) is 251 cm³/mol. The molecule has 6 heteroatoms. The molecule has 0 aliphatic heterocycles. The first-order chi connectivity index (χ1) is 28.6. The van der Waals surface area contributed by atoms with Crippen LogP contribution in [0.4, 0.5) is 0 Å². The summed E-state index contributed by atoms with van der Waals surface area (Å²) in [6.45, 7) is 18.1. The molecule has 1 radical (unpaired) electrons. The van der Waals surface area contributed by atoms with Gasteiger partial charge in [0.2, 0.25) is 0 Å². The Morgan fingerprint density at radius 1 is 0.500 bits per heavy atom. The molecule has 5 aromatic carbocycles. The van der Waals surface area contributed by atoms with Crippen molar-refractivity contribution >= 4 is 15.9 Å². The summed E-state index contributed by atoms with van der Waals surface area (Å²) in [6.07, 6.45) is 8.50. The fourth-order valence-electron chi connectivity index (χ4n) is 9.04. The topological polar surface area (TPSA) is 51.6 Å². The number of benzene rings is 5. The molecule has 309 valence electrons. The van der Waals surface area contributed by atoms with E-state index in [0.29, 0.717) is 17.5 Å². The van der Waals surface area contributed by atoms with Gasteiger partial charge in [-0.15, -0.1) is 23.8 Å². The molecule has 2 heterocycles. The van der Waals surface area contributed by atoms with E-state index in [1.165, 1.54) is 33.4 Å². The molecule has 2 aromatic heterocycles. The van der Waals surface area contributed by atoms with Crippen LogP contribution in [-0.2, 0) is 30.9 Å². The number of hydrogen-bond acceptors (Lipinski definition) is 4. The quantitative estimate of drug-likeness (QED) is 0.102. The number of halogens is 1. The van der Waals surface area contributed by atoms with Crippen molar-refractivity contribution in [2.75, 3.05) is 0 Å². The first-order valence-electron chi connectivity index (χ1n) is 21.4. The minimum absolute atomic E-state index is 0. The van der Waals surface area contributed by atoms with Gasteiger partial charge in [0, 0.05) is 43.0 Å². The van der Waals surface area contributed by atoms with Crippen LogP contribution in [-0.4, -0.2) is 19.9 Å². The Morgan fingerprint density at radius 2 is 0.950 bits per heavy atom. The third kappa shape index (κ3) is 9.03. The summed E-state index contributed by atoms with van der Waals surface area (Å²) in [5.41, 5.74) is 14.7. The third-order valence-electron chi connectivity index (χ3n) is 13.2. The van der Waals surface area contributed by atoms with Gasteiger partial charge in [0.05, 0.1) is 0 Å². The standard InChI is InChI=1S/C54H56BrN4.Ir/c1-9-53(10-2,11-3)43-25-19-38(20-26-43)50-57-51(39-21-27-44(28-22-39)54(12-4,13-5)14-6)59-52(58-50)41-24-30-49(56-35-41)40-23-29-47(48(55)34-40)46-18-16-15-17-45(46)42-32-36(7)31-37(8)33-42;/h15-22,24-35H,9-14H2,1-8H3;/q-1;. The van der Waals surface area contributed by atoms with Crippen molar-refractivity contribution < 1.29 is 20.1 Å². The number of nitrogens with zero attached hydrogens (tertiary/aromatic N) is 4. The van der Waals surface area contributed by atoms with Crippen LogP contribution in [0.15, 0.2) is 126 Å². The summed E-state index contributed by atoms with van der Waals surface area (Å²) in [7, 11) is 0. The Labute approximate surface area is 380 Å². The smallest absolute Gasteiger partial charge is 0.165 e. The van der Waals surface area contributed by atoms with Gasteiger partial charge < -0.3 is 4.98 Å². The fourth-order valence-corrected chi connectivity index (χ4v) is 9.60. The van der Waals surface area contributed by atoms with Crippen molar-refractivity contribution in [1.29, 1.82) is 0 Å². The maximum Gasteiger partial charge on any atom is 0.165 e. The summed E-state index contributed by atoms with van der Waals surface area (Å²) in [6, 6.07) is 44.8. The second-order valence-corrected chi connectivity index (χ2v) is 17.0. The van der Waals surface area contributed by atoms with Crippen LogP contribution in [0.25, 0.3) is 67.7 Å². The van der Waals surface area contributed by atoms with Crippen LogP contribution >= 0.6 is 15.9 Å². The van der Waals surface area contributed by atoms with E-state index in [1.807, 2.05) is 12.3 Å². The van der Waals surface area contributed by atoms with Gasteiger partial charge in [0.1, 0.15) is 0 Å². The first kappa shape index (κ1) is 44.9. The Hall–Kier alpha value is -4.61. The number of hydrogen-bond donors (Lipinski definition) is 0. The average Bonchev–Trinajstić information content (AvgIpc) is 3.28. The normalized spacial score (nSPS) is 11.7. The molecule has 4 nitrogen and oxygen atoms in total. The van der Waals surface area contributed by atoms with Crippen LogP contribution in [0.2, 0.25) is 0 Å². The van der Waals surface area contributed by atoms with E-state index in [0.717, 1.165) is 82.1 Å². The Bertz CT molecular complexity index is 2420. The summed E-state index contributed by atoms with van der Waals surface area (Å²) < 4.78 is 0.987. The number of rotatable bonds is 14. The van der Waals surface area contributed by atoms with Gasteiger partial charge in [0.15, 0.2) is 17.5 Å². The molecular formula is C54H56BrIrN4-. The summed E-state index contributed by atoms with van der Waals surface area (Å²) in [4.78, 5) is 20.2. The van der Waals surface area contributed by atoms with E-state index >= 15 is 0 Å². The molecule has 0 aliphatic carbocycles. The molecule has 0 unspecified atom stereocenters. The van der Waals surface area contributed by atoms with Gasteiger partial charge in [0.25, 0.3) is 0 Å². The maximum absolute atomic E-state index is 5.09. The van der Waals surface area contributed by atoms with E-state index in [9.17, 15) is 0 Å². The van der Waals surface area contributed by atoms with Crippen LogP contribution in [0.5, 0.6) is 0 Å². The van der Waals surface area contributed by atoms with E-state index in [1.54, 1.807) is 0 Å². The van der Waals surface area contributed by atoms with Crippen LogP contribution < -0.4 is 0 Å². The van der Waals surface area contributed by atoms with Crippen molar-refractivity contribution in [1.82, 2.24) is 19.9 Å². The molecule has 0 spiro atoms. The molecular weight excluding hydrogens is 977 g/mol. The monoisotopic (exact) mass is 1030 g/mol. The van der Waals surface area contributed by atoms with E-state index in [2.05, 4.69) is 187 Å². The molecule has 0 N–H and O–H groups in total. The largest absolute Gasteiger partial charge is 0.304 e. The number of pyridine rings is 1. The van der Waals surface area contributed by atoms with Gasteiger partial charge in [-0.25, -0.2) is 15.0 Å². The van der Waals surface area contributed by atoms with Crippen molar-refractivity contribution in [3.05, 3.63) is 154 Å². The second-order valence-electron chi connectivity index (χ2n) is 16.1. The molecule has 0 saturated heterocycles. The minimum atomic E-state index is 0. The molecule has 0 bridgehead atoms. The summed E-state index contributed by atoms with van der Waals surface area (Å²) in [5, 5.41) is 0. The fraction of sp³-hybridized carbons (Fsp3) is 0.296. The van der Waals surface area contributed by atoms with Crippen molar-refractivity contribution in [3.63, 3.8) is 0 Å². The zero-order valence-corrected chi connectivity index (χ0v) is 40.3. The molecule has 0 saturated carbocycles. The Morgan fingerprint density at radius 3 is 1.38 bits per heavy atom. The predicted octanol–water partition coefficient (Wildman–Crippen LogP) is 15.4. The van der Waals surface area contributed by atoms with Crippen LogP contribution in [0.3, 0.4) is 0 Å². The molecule has 0 aliphatic rings. The van der Waals surface area contributed by atoms with Crippen LogP contribution in [0, 0.1) is 19.9 Å². The minimum Gasteiger partial charge on any atom is -0.304 e. The number of aromatic nitrogens is 4. The molecule has 0 fully saturated rings. The first-order valence-corrected chi connectivity index (χ1v) is 22.2. The zero-order chi connectivity index (χ0) is 41.7. The van der Waals surface area contributed by atoms with Gasteiger partial charge >= 0.3 is 0 Å². The average molecular weight is 1030 g/mol. The third-order valence-corrected chi connectivity index (χ3v) is 13.8. The number of aryl methyl sites for hydroxylation is 2. The van der Waals surface area contributed by atoms with Crippen LogP contribution in [0.1, 0.15) is 102 Å². The maximum atomic E-state index is 5.09. The molecule has 0 atom stereocenters. The SMILES string of the molecule is CCC(CC)(CC)c1ccc(-c2nc(-c3ccc(C(CC)(CC)CC)cc3)nc(-c3ccc(-c4[c-]cc(-c5ccccc5-c5cc(C)cc(C)c5)c(Br)c4)nc3)n2)cc1.[Ir]. The van der Waals surface area contributed by atoms with E-state index < -0.39 is 0 Å². The molecule has 7 aromatic rings. The van der Waals surface area contributed by atoms with E-state index in [-0.39, 0.29) is 30.9 Å². The summed E-state index contributed by atoms with van der Waals surface area (Å²) in [5.74, 6) is 1.90. The van der Waals surface area contributed by atoms with Gasteiger partial charge in [-0.3, -0.25) is 0 Å². The zero-order valence-electron chi connectivity index (χ0n) is 36.3. The Kier molecular flexibility index (Phi) is 14.5. The van der Waals surface area contributed by atoms with E-state index in [4.69, 9.17) is 19.9 Å². The summed E-state index contributed by atoms with van der Waals surface area (Å²) >= 11 is 3.91. The van der Waals surface area contributed by atoms with Gasteiger partial charge in [-0.1, -0.05) is 187 Å². The Balaban J connectivity index is 0.00000604.